The molecular weight excluding hydrogens is 297 g/mol. The lowest BCUT2D eigenvalue weighted by Gasteiger charge is -2.35. The van der Waals surface area contributed by atoms with Crippen molar-refractivity contribution in [3.8, 4) is 6.07 Å². The van der Waals surface area contributed by atoms with Crippen LogP contribution in [-0.2, 0) is 0 Å². The van der Waals surface area contributed by atoms with E-state index in [-0.39, 0.29) is 0 Å². The Labute approximate surface area is 115 Å². The Morgan fingerprint density at radius 2 is 2.00 bits per heavy atom. The van der Waals surface area contributed by atoms with Gasteiger partial charge in [-0.2, -0.15) is 5.26 Å². The van der Waals surface area contributed by atoms with Crippen LogP contribution in [-0.4, -0.2) is 5.11 Å². The van der Waals surface area contributed by atoms with E-state index < -0.39 is 17.3 Å². The number of halogens is 2. The van der Waals surface area contributed by atoms with Gasteiger partial charge in [0.15, 0.2) is 0 Å². The van der Waals surface area contributed by atoms with Crippen LogP contribution in [0.5, 0.6) is 0 Å². The van der Waals surface area contributed by atoms with Crippen molar-refractivity contribution in [2.45, 2.75) is 38.2 Å². The van der Waals surface area contributed by atoms with Crippen molar-refractivity contribution in [2.75, 3.05) is 0 Å². The third kappa shape index (κ3) is 2.43. The van der Waals surface area contributed by atoms with Gasteiger partial charge in [-0.25, -0.2) is 4.39 Å². The number of benzene rings is 1. The van der Waals surface area contributed by atoms with Gasteiger partial charge in [-0.3, -0.25) is 0 Å². The van der Waals surface area contributed by atoms with Gasteiger partial charge in [-0.05, 0) is 46.5 Å². The van der Waals surface area contributed by atoms with Crippen molar-refractivity contribution < 1.29 is 9.50 Å². The topological polar surface area (TPSA) is 44.0 Å². The molecule has 0 bridgehead atoms. The number of hydrogen-bond donors (Lipinski definition) is 1. The van der Waals surface area contributed by atoms with Crippen LogP contribution in [0.1, 0.15) is 43.8 Å². The highest BCUT2D eigenvalue weighted by molar-refractivity contribution is 9.10. The molecule has 0 aliphatic heterocycles. The van der Waals surface area contributed by atoms with Crippen molar-refractivity contribution in [3.05, 3.63) is 34.1 Å². The number of hydrogen-bond acceptors (Lipinski definition) is 2. The second-order valence-corrected chi connectivity index (χ2v) is 5.76. The zero-order valence-corrected chi connectivity index (χ0v) is 11.6. The molecule has 0 amide bonds. The van der Waals surface area contributed by atoms with E-state index in [2.05, 4.69) is 22.0 Å². The van der Waals surface area contributed by atoms with Gasteiger partial charge in [0.1, 0.15) is 5.82 Å². The summed E-state index contributed by atoms with van der Waals surface area (Å²) in [5, 5.41) is 19.8. The molecule has 2 rings (SSSR count). The lowest BCUT2D eigenvalue weighted by molar-refractivity contribution is 0.0357. The predicted molar refractivity (Wildman–Crippen MR) is 70.2 cm³/mol. The maximum absolute atomic E-state index is 13.5. The zero-order chi connectivity index (χ0) is 13.2. The number of aliphatic hydroxyl groups excluding tert-OH is 1. The molecule has 2 nitrogen and oxygen atoms in total. The SMILES string of the molecule is N#CC1(C(O)c2ccc(Br)c(F)c2)CCCCC1. The van der Waals surface area contributed by atoms with E-state index in [0.29, 0.717) is 22.9 Å². The van der Waals surface area contributed by atoms with Gasteiger partial charge >= 0.3 is 0 Å². The molecule has 18 heavy (non-hydrogen) atoms. The highest BCUT2D eigenvalue weighted by atomic mass is 79.9. The first-order valence-electron chi connectivity index (χ1n) is 6.13. The zero-order valence-electron chi connectivity index (χ0n) is 10.00. The molecule has 1 N–H and O–H groups in total. The van der Waals surface area contributed by atoms with Gasteiger partial charge in [0.25, 0.3) is 0 Å². The first-order valence-corrected chi connectivity index (χ1v) is 6.93. The number of nitrogens with zero attached hydrogens (tertiary/aromatic N) is 1. The Hall–Kier alpha value is -0.920. The van der Waals surface area contributed by atoms with E-state index in [1.54, 1.807) is 12.1 Å². The number of rotatable bonds is 2. The second kappa shape index (κ2) is 5.38. The molecule has 1 aromatic rings. The van der Waals surface area contributed by atoms with Crippen molar-refractivity contribution >= 4 is 15.9 Å². The molecule has 0 radical (unpaired) electrons. The van der Waals surface area contributed by atoms with Crippen molar-refractivity contribution in [3.63, 3.8) is 0 Å². The van der Waals surface area contributed by atoms with Crippen LogP contribution in [0, 0.1) is 22.6 Å². The third-order valence-electron chi connectivity index (χ3n) is 3.75. The van der Waals surface area contributed by atoms with Crippen LogP contribution >= 0.6 is 15.9 Å². The third-order valence-corrected chi connectivity index (χ3v) is 4.39. The fourth-order valence-corrected chi connectivity index (χ4v) is 2.88. The first-order chi connectivity index (χ1) is 8.59. The Balaban J connectivity index is 2.31. The fraction of sp³-hybridized carbons (Fsp3) is 0.500. The molecule has 1 saturated carbocycles. The van der Waals surface area contributed by atoms with Crippen LogP contribution in [0.2, 0.25) is 0 Å². The summed E-state index contributed by atoms with van der Waals surface area (Å²) in [7, 11) is 0. The summed E-state index contributed by atoms with van der Waals surface area (Å²) in [6.07, 6.45) is 3.45. The van der Waals surface area contributed by atoms with Crippen molar-refractivity contribution in [1.82, 2.24) is 0 Å². The van der Waals surface area contributed by atoms with Crippen LogP contribution in [0.25, 0.3) is 0 Å². The molecule has 0 aromatic heterocycles. The lowest BCUT2D eigenvalue weighted by Crippen LogP contribution is -2.30. The molecule has 1 aliphatic rings. The fourth-order valence-electron chi connectivity index (χ4n) is 2.63. The molecule has 0 saturated heterocycles. The van der Waals surface area contributed by atoms with E-state index in [9.17, 15) is 14.8 Å². The molecule has 1 atom stereocenters. The molecule has 1 unspecified atom stereocenters. The Morgan fingerprint density at radius 3 is 2.56 bits per heavy atom. The van der Waals surface area contributed by atoms with Gasteiger partial charge in [0, 0.05) is 0 Å². The normalized spacial score (nSPS) is 20.1. The van der Waals surface area contributed by atoms with Crippen LogP contribution < -0.4 is 0 Å². The van der Waals surface area contributed by atoms with E-state index in [1.807, 2.05) is 0 Å². The van der Waals surface area contributed by atoms with Gasteiger partial charge in [0.05, 0.1) is 22.1 Å². The van der Waals surface area contributed by atoms with E-state index in [0.717, 1.165) is 19.3 Å². The summed E-state index contributed by atoms with van der Waals surface area (Å²) in [4.78, 5) is 0. The summed E-state index contributed by atoms with van der Waals surface area (Å²) in [6.45, 7) is 0. The molecule has 96 valence electrons. The van der Waals surface area contributed by atoms with Gasteiger partial charge < -0.3 is 5.11 Å². The van der Waals surface area contributed by atoms with E-state index in [4.69, 9.17) is 0 Å². The Kier molecular flexibility index (Phi) is 4.04. The number of nitriles is 1. The van der Waals surface area contributed by atoms with Crippen molar-refractivity contribution in [1.29, 1.82) is 5.26 Å². The highest BCUT2D eigenvalue weighted by Gasteiger charge is 2.40. The highest BCUT2D eigenvalue weighted by Crippen LogP contribution is 2.45. The van der Waals surface area contributed by atoms with Gasteiger partial charge in [-0.1, -0.05) is 25.3 Å². The number of aliphatic hydroxyl groups is 1. The van der Waals surface area contributed by atoms with Crippen LogP contribution in [0.15, 0.2) is 22.7 Å². The van der Waals surface area contributed by atoms with Crippen molar-refractivity contribution in [2.24, 2.45) is 5.41 Å². The lowest BCUT2D eigenvalue weighted by atomic mass is 9.69. The smallest absolute Gasteiger partial charge is 0.137 e. The average Bonchev–Trinajstić information content (AvgIpc) is 2.42. The Morgan fingerprint density at radius 1 is 1.33 bits per heavy atom. The molecule has 1 aliphatic carbocycles. The molecule has 1 fully saturated rings. The summed E-state index contributed by atoms with van der Waals surface area (Å²) in [6, 6.07) is 6.82. The first kappa shape index (κ1) is 13.5. The summed E-state index contributed by atoms with van der Waals surface area (Å²) in [5.74, 6) is -0.407. The standard InChI is InChI=1S/C14H15BrFNO/c15-11-5-4-10(8-12(11)16)13(18)14(9-17)6-2-1-3-7-14/h4-5,8,13,18H,1-3,6-7H2. The maximum Gasteiger partial charge on any atom is 0.137 e. The largest absolute Gasteiger partial charge is 0.387 e. The minimum absolute atomic E-state index is 0.369. The van der Waals surface area contributed by atoms with E-state index >= 15 is 0 Å². The molecule has 0 heterocycles. The molecular formula is C14H15BrFNO. The molecule has 0 spiro atoms. The van der Waals surface area contributed by atoms with E-state index in [1.165, 1.54) is 6.07 Å². The average molecular weight is 312 g/mol. The Bertz CT molecular complexity index is 477. The second-order valence-electron chi connectivity index (χ2n) is 4.90. The summed E-state index contributed by atoms with van der Waals surface area (Å²) < 4.78 is 13.9. The predicted octanol–water partition coefficient (Wildman–Crippen LogP) is 4.10. The van der Waals surface area contributed by atoms with Crippen LogP contribution in [0.3, 0.4) is 0 Å². The minimum Gasteiger partial charge on any atom is -0.387 e. The maximum atomic E-state index is 13.5. The summed E-state index contributed by atoms with van der Waals surface area (Å²) in [5.41, 5.74) is -0.266. The van der Waals surface area contributed by atoms with Gasteiger partial charge in [0.2, 0.25) is 0 Å². The molecule has 1 aromatic carbocycles. The van der Waals surface area contributed by atoms with Crippen LogP contribution in [0.4, 0.5) is 4.39 Å². The van der Waals surface area contributed by atoms with Gasteiger partial charge in [-0.15, -0.1) is 0 Å². The molecule has 4 heteroatoms. The minimum atomic E-state index is -0.912. The summed E-state index contributed by atoms with van der Waals surface area (Å²) >= 11 is 3.08. The quantitative estimate of drug-likeness (QED) is 0.893. The monoisotopic (exact) mass is 311 g/mol.